The van der Waals surface area contributed by atoms with E-state index >= 15 is 0 Å². The van der Waals surface area contributed by atoms with Gasteiger partial charge in [0.1, 0.15) is 0 Å². The largest absolute Gasteiger partial charge is 0.504 e. The standard InChI is InChI=1S/C13H13N3O4S2/c1-2-20-11(19)7-22-13-14-12(15-16-13)9(18)6-8(17)10-4-3-5-21-10/h3-6,18H,2,7H2,1H3,(H,14,15,16)/b9-6-. The number of nitrogens with zero attached hydrogens (tertiary/aromatic N) is 2. The maximum absolute atomic E-state index is 11.8. The molecule has 2 aromatic heterocycles. The van der Waals surface area contributed by atoms with Crippen LogP contribution in [0, 0.1) is 0 Å². The van der Waals surface area contributed by atoms with Gasteiger partial charge in [0, 0.05) is 6.08 Å². The molecule has 2 aromatic rings. The second-order valence-corrected chi connectivity index (χ2v) is 5.82. The zero-order valence-electron chi connectivity index (χ0n) is 11.6. The monoisotopic (exact) mass is 339 g/mol. The Hall–Kier alpha value is -2.13. The van der Waals surface area contributed by atoms with Gasteiger partial charge in [-0.3, -0.25) is 14.7 Å². The number of hydrogen-bond acceptors (Lipinski definition) is 8. The molecule has 0 aliphatic rings. The Kier molecular flexibility index (Phi) is 5.73. The Bertz CT molecular complexity index is 679. The molecule has 0 bridgehead atoms. The molecule has 0 fully saturated rings. The minimum Gasteiger partial charge on any atom is -0.504 e. The lowest BCUT2D eigenvalue weighted by Crippen LogP contribution is -2.06. The molecule has 2 heterocycles. The molecule has 2 rings (SSSR count). The Labute approximate surface area is 134 Å². The predicted octanol–water partition coefficient (Wildman–Crippen LogP) is 2.30. The van der Waals surface area contributed by atoms with E-state index in [-0.39, 0.29) is 34.2 Å². The zero-order chi connectivity index (χ0) is 15.9. The lowest BCUT2D eigenvalue weighted by Gasteiger charge is -1.98. The Morgan fingerprint density at radius 1 is 1.55 bits per heavy atom. The number of nitrogens with one attached hydrogen (secondary N) is 1. The number of aliphatic hydroxyl groups excluding tert-OH is 1. The van der Waals surface area contributed by atoms with E-state index in [4.69, 9.17) is 4.74 Å². The molecular weight excluding hydrogens is 326 g/mol. The fourth-order valence-corrected chi connectivity index (χ4v) is 2.67. The van der Waals surface area contributed by atoms with Crippen molar-refractivity contribution in [1.29, 1.82) is 0 Å². The molecule has 7 nitrogen and oxygen atoms in total. The van der Waals surface area contributed by atoms with Crippen LogP contribution in [0.5, 0.6) is 0 Å². The number of thiophene rings is 1. The van der Waals surface area contributed by atoms with E-state index in [2.05, 4.69) is 15.2 Å². The number of aromatic nitrogens is 3. The van der Waals surface area contributed by atoms with E-state index in [1.807, 2.05) is 0 Å². The molecule has 116 valence electrons. The molecule has 0 aliphatic heterocycles. The summed E-state index contributed by atoms with van der Waals surface area (Å²) in [7, 11) is 0. The number of allylic oxidation sites excluding steroid dienone is 1. The van der Waals surface area contributed by atoms with Crippen molar-refractivity contribution < 1.29 is 19.4 Å². The van der Waals surface area contributed by atoms with Crippen LogP contribution in [0.3, 0.4) is 0 Å². The highest BCUT2D eigenvalue weighted by Crippen LogP contribution is 2.17. The minimum atomic E-state index is -0.369. The van der Waals surface area contributed by atoms with Gasteiger partial charge < -0.3 is 9.84 Å². The van der Waals surface area contributed by atoms with Crippen molar-refractivity contribution in [2.24, 2.45) is 0 Å². The first-order chi connectivity index (χ1) is 10.6. The first-order valence-electron chi connectivity index (χ1n) is 6.30. The number of H-pyrrole nitrogens is 1. The quantitative estimate of drug-likeness (QED) is 0.262. The highest BCUT2D eigenvalue weighted by molar-refractivity contribution is 7.99. The van der Waals surface area contributed by atoms with E-state index in [1.54, 1.807) is 24.4 Å². The third-order valence-corrected chi connectivity index (χ3v) is 4.07. The Morgan fingerprint density at radius 3 is 3.05 bits per heavy atom. The lowest BCUT2D eigenvalue weighted by molar-refractivity contribution is -0.139. The van der Waals surface area contributed by atoms with Crippen molar-refractivity contribution >= 4 is 40.6 Å². The molecule has 9 heteroatoms. The van der Waals surface area contributed by atoms with Crippen molar-refractivity contribution in [3.05, 3.63) is 34.3 Å². The third-order valence-electron chi connectivity index (χ3n) is 2.36. The van der Waals surface area contributed by atoms with Gasteiger partial charge in [0.2, 0.25) is 5.16 Å². The van der Waals surface area contributed by atoms with Crippen molar-refractivity contribution in [3.8, 4) is 0 Å². The molecule has 0 saturated carbocycles. The average Bonchev–Trinajstić information content (AvgIpc) is 3.17. The van der Waals surface area contributed by atoms with E-state index in [1.165, 1.54) is 11.3 Å². The Morgan fingerprint density at radius 2 is 2.36 bits per heavy atom. The molecular formula is C13H13N3O4S2. The number of ether oxygens (including phenoxy) is 1. The van der Waals surface area contributed by atoms with Crippen LogP contribution in [0.4, 0.5) is 0 Å². The Balaban J connectivity index is 1.98. The van der Waals surface area contributed by atoms with Gasteiger partial charge >= 0.3 is 5.97 Å². The molecule has 0 atom stereocenters. The fraction of sp³-hybridized carbons (Fsp3) is 0.231. The van der Waals surface area contributed by atoms with Gasteiger partial charge in [0.15, 0.2) is 17.4 Å². The van der Waals surface area contributed by atoms with E-state index < -0.39 is 0 Å². The molecule has 0 saturated heterocycles. The normalized spacial score (nSPS) is 11.4. The predicted molar refractivity (Wildman–Crippen MR) is 83.0 cm³/mol. The maximum atomic E-state index is 11.8. The van der Waals surface area contributed by atoms with E-state index in [0.29, 0.717) is 11.5 Å². The summed E-state index contributed by atoms with van der Waals surface area (Å²) in [6.07, 6.45) is 1.08. The van der Waals surface area contributed by atoms with Gasteiger partial charge in [0.25, 0.3) is 0 Å². The summed E-state index contributed by atoms with van der Waals surface area (Å²) in [5, 5.41) is 18.3. The van der Waals surface area contributed by atoms with Gasteiger partial charge in [-0.1, -0.05) is 17.8 Å². The summed E-state index contributed by atoms with van der Waals surface area (Å²) in [6, 6.07) is 3.42. The van der Waals surface area contributed by atoms with Gasteiger partial charge in [-0.2, -0.15) is 4.98 Å². The van der Waals surface area contributed by atoms with E-state index in [0.717, 1.165) is 17.8 Å². The molecule has 0 spiro atoms. The minimum absolute atomic E-state index is 0.0660. The molecule has 0 radical (unpaired) electrons. The van der Waals surface area contributed by atoms with Crippen molar-refractivity contribution in [2.75, 3.05) is 12.4 Å². The van der Waals surface area contributed by atoms with Crippen LogP contribution < -0.4 is 0 Å². The van der Waals surface area contributed by atoms with Crippen LogP contribution in [0.2, 0.25) is 0 Å². The molecule has 0 aromatic carbocycles. The number of thioether (sulfide) groups is 1. The highest BCUT2D eigenvalue weighted by atomic mass is 32.2. The second kappa shape index (κ2) is 7.76. The number of aliphatic hydroxyl groups is 1. The molecule has 0 aliphatic carbocycles. The summed E-state index contributed by atoms with van der Waals surface area (Å²) >= 11 is 2.36. The lowest BCUT2D eigenvalue weighted by atomic mass is 10.3. The smallest absolute Gasteiger partial charge is 0.316 e. The molecule has 22 heavy (non-hydrogen) atoms. The van der Waals surface area contributed by atoms with Gasteiger partial charge in [0.05, 0.1) is 17.2 Å². The first kappa shape index (κ1) is 16.2. The van der Waals surface area contributed by atoms with Gasteiger partial charge in [-0.05, 0) is 18.4 Å². The van der Waals surface area contributed by atoms with Crippen LogP contribution in [-0.4, -0.2) is 44.4 Å². The number of carbonyl (C=O) groups is 2. The van der Waals surface area contributed by atoms with Crippen LogP contribution >= 0.6 is 23.1 Å². The first-order valence-corrected chi connectivity index (χ1v) is 8.16. The number of hydrogen-bond donors (Lipinski definition) is 2. The van der Waals surface area contributed by atoms with Crippen LogP contribution in [0.1, 0.15) is 22.4 Å². The van der Waals surface area contributed by atoms with Gasteiger partial charge in [-0.15, -0.1) is 16.4 Å². The molecule has 0 unspecified atom stereocenters. The maximum Gasteiger partial charge on any atom is 0.316 e. The van der Waals surface area contributed by atoms with Gasteiger partial charge in [-0.25, -0.2) is 0 Å². The van der Waals surface area contributed by atoms with Crippen LogP contribution in [0.25, 0.3) is 5.76 Å². The SMILES string of the molecule is CCOC(=O)CSc1n[nH]c(/C(O)=C/C(=O)c2cccs2)n1. The fourth-order valence-electron chi connectivity index (χ4n) is 1.43. The van der Waals surface area contributed by atoms with E-state index in [9.17, 15) is 14.7 Å². The second-order valence-electron chi connectivity index (χ2n) is 3.93. The summed E-state index contributed by atoms with van der Waals surface area (Å²) < 4.78 is 4.78. The van der Waals surface area contributed by atoms with Crippen molar-refractivity contribution in [3.63, 3.8) is 0 Å². The van der Waals surface area contributed by atoms with Crippen molar-refractivity contribution in [1.82, 2.24) is 15.2 Å². The molecule has 0 amide bonds. The van der Waals surface area contributed by atoms with Crippen LogP contribution in [0.15, 0.2) is 28.7 Å². The van der Waals surface area contributed by atoms with Crippen molar-refractivity contribution in [2.45, 2.75) is 12.1 Å². The highest BCUT2D eigenvalue weighted by Gasteiger charge is 2.12. The number of aromatic amines is 1. The number of carbonyl (C=O) groups excluding carboxylic acids is 2. The topological polar surface area (TPSA) is 105 Å². The number of esters is 1. The zero-order valence-corrected chi connectivity index (χ0v) is 13.2. The third kappa shape index (κ3) is 4.43. The van der Waals surface area contributed by atoms with Crippen LogP contribution in [-0.2, 0) is 9.53 Å². The summed E-state index contributed by atoms with van der Waals surface area (Å²) in [6.45, 7) is 2.04. The number of ketones is 1. The average molecular weight is 339 g/mol. The summed E-state index contributed by atoms with van der Waals surface area (Å²) in [5.41, 5.74) is 0. The summed E-state index contributed by atoms with van der Waals surface area (Å²) in [4.78, 5) is 27.6. The summed E-state index contributed by atoms with van der Waals surface area (Å²) in [5.74, 6) is -0.856. The number of rotatable bonds is 7. The molecule has 2 N–H and O–H groups in total.